The molecule has 2 saturated heterocycles. The average Bonchev–Trinajstić information content (AvgIpc) is 2.12. The second-order valence-electron chi connectivity index (χ2n) is 5.87. The zero-order chi connectivity index (χ0) is 9.92. The first-order valence-electron chi connectivity index (χ1n) is 5.96. The van der Waals surface area contributed by atoms with Gasteiger partial charge in [0.15, 0.2) is 0 Å². The van der Waals surface area contributed by atoms with E-state index in [9.17, 15) is 5.11 Å². The molecule has 0 amide bonds. The van der Waals surface area contributed by atoms with E-state index in [1.807, 2.05) is 0 Å². The summed E-state index contributed by atoms with van der Waals surface area (Å²) in [5.41, 5.74) is 0.121. The van der Waals surface area contributed by atoms with Crippen molar-refractivity contribution in [1.82, 2.24) is 0 Å². The van der Waals surface area contributed by atoms with Gasteiger partial charge in [0.25, 0.3) is 0 Å². The standard InChI is InChI=1S/C12H20O2/c1-7(2)12-5-8-3-9(6-12)11(13)10(4-8)14-12/h7-11,13H,3-6H2,1-2H3. The van der Waals surface area contributed by atoms with Gasteiger partial charge < -0.3 is 9.84 Å². The number of ether oxygens (including phenoxy) is 1. The monoisotopic (exact) mass is 196 g/mol. The summed E-state index contributed by atoms with van der Waals surface area (Å²) >= 11 is 0. The normalized spacial score (nSPS) is 55.7. The zero-order valence-corrected chi connectivity index (χ0v) is 9.07. The van der Waals surface area contributed by atoms with Crippen LogP contribution in [0.1, 0.15) is 39.5 Å². The number of aliphatic hydroxyl groups excluding tert-OH is 1. The quantitative estimate of drug-likeness (QED) is 0.694. The number of hydrogen-bond acceptors (Lipinski definition) is 2. The molecule has 1 N–H and O–H groups in total. The van der Waals surface area contributed by atoms with Crippen LogP contribution in [0.4, 0.5) is 0 Å². The maximum Gasteiger partial charge on any atom is 0.0847 e. The molecule has 0 aromatic carbocycles. The van der Waals surface area contributed by atoms with E-state index in [1.54, 1.807) is 0 Å². The predicted octanol–water partition coefficient (Wildman–Crippen LogP) is 1.96. The molecule has 80 valence electrons. The van der Waals surface area contributed by atoms with Gasteiger partial charge in [-0.1, -0.05) is 13.8 Å². The van der Waals surface area contributed by atoms with Gasteiger partial charge in [-0.25, -0.2) is 0 Å². The molecule has 4 bridgehead atoms. The number of hydrogen-bond donors (Lipinski definition) is 1. The Morgan fingerprint density at radius 1 is 1.29 bits per heavy atom. The summed E-state index contributed by atoms with van der Waals surface area (Å²) in [6.07, 6.45) is 4.67. The van der Waals surface area contributed by atoms with Crippen LogP contribution >= 0.6 is 0 Å². The molecule has 2 nitrogen and oxygen atoms in total. The lowest BCUT2D eigenvalue weighted by atomic mass is 9.58. The summed E-state index contributed by atoms with van der Waals surface area (Å²) in [6.45, 7) is 4.53. The van der Waals surface area contributed by atoms with Crippen molar-refractivity contribution in [2.45, 2.75) is 57.3 Å². The van der Waals surface area contributed by atoms with Gasteiger partial charge in [0.1, 0.15) is 0 Å². The van der Waals surface area contributed by atoms with Crippen LogP contribution in [0.3, 0.4) is 0 Å². The molecule has 0 aromatic rings. The average molecular weight is 196 g/mol. The molecule has 5 unspecified atom stereocenters. The van der Waals surface area contributed by atoms with Crippen LogP contribution in [0, 0.1) is 17.8 Å². The summed E-state index contributed by atoms with van der Waals surface area (Å²) in [7, 11) is 0. The first-order chi connectivity index (χ1) is 6.61. The van der Waals surface area contributed by atoms with E-state index < -0.39 is 0 Å². The van der Waals surface area contributed by atoms with E-state index in [2.05, 4.69) is 13.8 Å². The Bertz CT molecular complexity index is 233. The minimum atomic E-state index is -0.168. The van der Waals surface area contributed by atoms with Crippen LogP contribution in [-0.2, 0) is 4.74 Å². The highest BCUT2D eigenvalue weighted by Gasteiger charge is 2.57. The van der Waals surface area contributed by atoms with Gasteiger partial charge in [-0.2, -0.15) is 0 Å². The first kappa shape index (κ1) is 9.17. The van der Waals surface area contributed by atoms with Crippen molar-refractivity contribution in [3.8, 4) is 0 Å². The molecule has 0 aromatic heterocycles. The van der Waals surface area contributed by atoms with E-state index in [0.717, 1.165) is 18.8 Å². The first-order valence-corrected chi connectivity index (χ1v) is 5.96. The molecule has 4 rings (SSSR count). The van der Waals surface area contributed by atoms with Crippen LogP contribution in [-0.4, -0.2) is 22.9 Å². The molecule has 0 spiro atoms. The van der Waals surface area contributed by atoms with Crippen molar-refractivity contribution in [3.05, 3.63) is 0 Å². The molecule has 2 heterocycles. The van der Waals surface area contributed by atoms with Crippen molar-refractivity contribution in [2.24, 2.45) is 17.8 Å². The molecule has 2 aliphatic heterocycles. The van der Waals surface area contributed by atoms with E-state index in [0.29, 0.717) is 11.8 Å². The highest BCUT2D eigenvalue weighted by molar-refractivity contribution is 5.06. The molecular weight excluding hydrogens is 176 g/mol. The van der Waals surface area contributed by atoms with E-state index >= 15 is 0 Å². The Balaban J connectivity index is 1.92. The molecule has 2 aliphatic carbocycles. The van der Waals surface area contributed by atoms with E-state index in [-0.39, 0.29) is 17.8 Å². The molecule has 5 atom stereocenters. The minimum absolute atomic E-state index is 0.121. The third-order valence-electron chi connectivity index (χ3n) is 4.75. The lowest BCUT2D eigenvalue weighted by molar-refractivity contribution is -0.277. The molecule has 4 aliphatic rings. The van der Waals surface area contributed by atoms with Gasteiger partial charge >= 0.3 is 0 Å². The molecule has 14 heavy (non-hydrogen) atoms. The maximum absolute atomic E-state index is 10.00. The summed E-state index contributed by atoms with van der Waals surface area (Å²) in [5, 5.41) is 10.00. The SMILES string of the molecule is CC(C)C12CC3CC(C1)C(O)C(C3)O2. The fourth-order valence-electron chi connectivity index (χ4n) is 3.94. The Hall–Kier alpha value is -0.0800. The van der Waals surface area contributed by atoms with Gasteiger partial charge in [0.2, 0.25) is 0 Å². The Morgan fingerprint density at radius 3 is 2.71 bits per heavy atom. The van der Waals surface area contributed by atoms with Gasteiger partial charge in [-0.15, -0.1) is 0 Å². The van der Waals surface area contributed by atoms with Crippen LogP contribution in [0.15, 0.2) is 0 Å². The van der Waals surface area contributed by atoms with E-state index in [1.165, 1.54) is 12.8 Å². The molecule has 4 fully saturated rings. The Morgan fingerprint density at radius 2 is 2.07 bits per heavy atom. The highest BCUT2D eigenvalue weighted by atomic mass is 16.5. The van der Waals surface area contributed by atoms with Crippen molar-refractivity contribution in [2.75, 3.05) is 0 Å². The predicted molar refractivity (Wildman–Crippen MR) is 53.9 cm³/mol. The van der Waals surface area contributed by atoms with Crippen molar-refractivity contribution < 1.29 is 9.84 Å². The van der Waals surface area contributed by atoms with Crippen LogP contribution in [0.25, 0.3) is 0 Å². The number of rotatable bonds is 1. The fourth-order valence-corrected chi connectivity index (χ4v) is 3.94. The largest absolute Gasteiger partial charge is 0.390 e. The molecule has 2 saturated carbocycles. The third-order valence-corrected chi connectivity index (χ3v) is 4.75. The number of aliphatic hydroxyl groups is 1. The topological polar surface area (TPSA) is 29.5 Å². The summed E-state index contributed by atoms with van der Waals surface area (Å²) in [6, 6.07) is 0. The third kappa shape index (κ3) is 1.04. The smallest absolute Gasteiger partial charge is 0.0847 e. The van der Waals surface area contributed by atoms with Crippen LogP contribution in [0.5, 0.6) is 0 Å². The molecular formula is C12H20O2. The van der Waals surface area contributed by atoms with Gasteiger partial charge in [0, 0.05) is 0 Å². The van der Waals surface area contributed by atoms with E-state index in [4.69, 9.17) is 4.74 Å². The lowest BCUT2D eigenvalue weighted by Gasteiger charge is -2.60. The molecule has 0 radical (unpaired) electrons. The molecule has 2 heteroatoms. The summed E-state index contributed by atoms with van der Waals surface area (Å²) < 4.78 is 6.13. The van der Waals surface area contributed by atoms with Crippen LogP contribution < -0.4 is 0 Å². The van der Waals surface area contributed by atoms with Crippen molar-refractivity contribution in [1.29, 1.82) is 0 Å². The highest BCUT2D eigenvalue weighted by Crippen LogP contribution is 2.55. The van der Waals surface area contributed by atoms with Gasteiger partial charge in [-0.3, -0.25) is 0 Å². The minimum Gasteiger partial charge on any atom is -0.390 e. The van der Waals surface area contributed by atoms with Crippen LogP contribution in [0.2, 0.25) is 0 Å². The second-order valence-corrected chi connectivity index (χ2v) is 5.87. The zero-order valence-electron chi connectivity index (χ0n) is 9.07. The van der Waals surface area contributed by atoms with Crippen molar-refractivity contribution in [3.63, 3.8) is 0 Å². The Kier molecular flexibility index (Phi) is 1.79. The Labute approximate surface area is 85.6 Å². The second kappa shape index (κ2) is 2.73. The van der Waals surface area contributed by atoms with Gasteiger partial charge in [0.05, 0.1) is 17.8 Å². The lowest BCUT2D eigenvalue weighted by Crippen LogP contribution is -2.63. The maximum atomic E-state index is 10.00. The summed E-state index contributed by atoms with van der Waals surface area (Å²) in [4.78, 5) is 0. The fraction of sp³-hybridized carbons (Fsp3) is 1.00. The summed E-state index contributed by atoms with van der Waals surface area (Å²) in [5.74, 6) is 1.96. The van der Waals surface area contributed by atoms with Gasteiger partial charge in [-0.05, 0) is 43.4 Å². The van der Waals surface area contributed by atoms with Crippen molar-refractivity contribution >= 4 is 0 Å².